The van der Waals surface area contributed by atoms with Gasteiger partial charge in [-0.2, -0.15) is 0 Å². The summed E-state index contributed by atoms with van der Waals surface area (Å²) in [4.78, 5) is 0. The number of hydrogen-bond donors (Lipinski definition) is 3. The van der Waals surface area contributed by atoms with Crippen LogP contribution < -0.4 is 11.2 Å². The van der Waals surface area contributed by atoms with E-state index in [0.717, 1.165) is 9.03 Å². The maximum atomic E-state index is 9.88. The molecule has 0 aliphatic heterocycles. The highest BCUT2D eigenvalue weighted by Gasteiger charge is 2.17. The highest BCUT2D eigenvalue weighted by atomic mass is 127. The van der Waals surface area contributed by atoms with Crippen LogP contribution in [-0.2, 0) is 9.39 Å². The molecule has 0 amide bonds. The Labute approximate surface area is 127 Å². The predicted octanol–water partition coefficient (Wildman–Crippen LogP) is -0.448. The molecule has 0 saturated carbocycles. The molecule has 1 rings (SSSR count). The van der Waals surface area contributed by atoms with E-state index in [4.69, 9.17) is 20.2 Å². The Balaban J connectivity index is 2.81. The van der Waals surface area contributed by atoms with E-state index in [1.165, 1.54) is 7.48 Å². The second-order valence-electron chi connectivity index (χ2n) is 4.01. The van der Waals surface area contributed by atoms with Crippen LogP contribution in [0.5, 0.6) is 0 Å². The number of ether oxygens (including phenoxy) is 1. The molecule has 19 heavy (non-hydrogen) atoms. The van der Waals surface area contributed by atoms with Crippen LogP contribution in [0.1, 0.15) is 11.7 Å². The van der Waals surface area contributed by atoms with E-state index in [9.17, 15) is 5.11 Å². The first-order valence-corrected chi connectivity index (χ1v) is 6.96. The molecular formula is C12H18BINO4. The van der Waals surface area contributed by atoms with E-state index in [0.29, 0.717) is 12.2 Å². The zero-order valence-corrected chi connectivity index (χ0v) is 12.9. The number of hydrogen-bond acceptors (Lipinski definition) is 5. The molecule has 0 aromatic heterocycles. The van der Waals surface area contributed by atoms with Crippen LogP contribution in [0.15, 0.2) is 18.2 Å². The summed E-state index contributed by atoms with van der Waals surface area (Å²) in [6, 6.07) is 5.57. The van der Waals surface area contributed by atoms with Gasteiger partial charge in [0.05, 0.1) is 25.4 Å². The van der Waals surface area contributed by atoms with Gasteiger partial charge in [-0.05, 0) is 39.7 Å². The third kappa shape index (κ3) is 5.01. The second kappa shape index (κ2) is 8.88. The third-order valence-corrected chi connectivity index (χ3v) is 3.54. The van der Waals surface area contributed by atoms with Crippen LogP contribution in [-0.4, -0.2) is 50.7 Å². The molecule has 1 aromatic rings. The molecule has 0 aliphatic carbocycles. The van der Waals surface area contributed by atoms with Crippen molar-refractivity contribution >= 4 is 35.5 Å². The van der Waals surface area contributed by atoms with Gasteiger partial charge in [0.1, 0.15) is 0 Å². The van der Waals surface area contributed by atoms with E-state index in [1.807, 2.05) is 12.1 Å². The maximum absolute atomic E-state index is 9.88. The molecule has 0 saturated heterocycles. The first kappa shape index (κ1) is 16.9. The number of methoxy groups -OCH3 is 1. The minimum atomic E-state index is -0.737. The van der Waals surface area contributed by atoms with Crippen LogP contribution in [0.25, 0.3) is 0 Å². The van der Waals surface area contributed by atoms with Gasteiger partial charge in [-0.15, -0.1) is 0 Å². The fourth-order valence-electron chi connectivity index (χ4n) is 1.58. The lowest BCUT2D eigenvalue weighted by Crippen LogP contribution is -2.34. The molecule has 0 spiro atoms. The summed E-state index contributed by atoms with van der Waals surface area (Å²) >= 11 is 2.16. The van der Waals surface area contributed by atoms with Crippen molar-refractivity contribution in [3.05, 3.63) is 27.3 Å². The number of aliphatic hydroxyl groups is 2. The van der Waals surface area contributed by atoms with Gasteiger partial charge in [-0.3, -0.25) is 0 Å². The van der Waals surface area contributed by atoms with Crippen LogP contribution in [0, 0.1) is 3.57 Å². The van der Waals surface area contributed by atoms with E-state index in [-0.39, 0.29) is 13.2 Å². The number of benzene rings is 1. The van der Waals surface area contributed by atoms with Crippen LogP contribution in [0.3, 0.4) is 0 Å². The van der Waals surface area contributed by atoms with Crippen molar-refractivity contribution in [2.24, 2.45) is 5.73 Å². The summed E-state index contributed by atoms with van der Waals surface area (Å²) in [5, 5.41) is 19.0. The van der Waals surface area contributed by atoms with Gasteiger partial charge in [-0.25, -0.2) is 0 Å². The van der Waals surface area contributed by atoms with Gasteiger partial charge in [0.2, 0.25) is 0 Å². The van der Waals surface area contributed by atoms with Crippen molar-refractivity contribution in [3.63, 3.8) is 0 Å². The normalized spacial score (nSPS) is 14.2. The molecule has 1 radical (unpaired) electrons. The van der Waals surface area contributed by atoms with E-state index >= 15 is 0 Å². The third-order valence-electron chi connectivity index (χ3n) is 2.60. The van der Waals surface area contributed by atoms with Crippen molar-refractivity contribution < 1.29 is 19.6 Å². The molecule has 0 aliphatic rings. The van der Waals surface area contributed by atoms with Crippen LogP contribution in [0.2, 0.25) is 0 Å². The Morgan fingerprint density at radius 2 is 2.21 bits per heavy atom. The number of aliphatic hydroxyl groups excluding tert-OH is 2. The number of halogens is 1. The van der Waals surface area contributed by atoms with Gasteiger partial charge in [0.15, 0.2) is 0 Å². The quantitative estimate of drug-likeness (QED) is 0.422. The van der Waals surface area contributed by atoms with Crippen LogP contribution >= 0.6 is 22.6 Å². The Morgan fingerprint density at radius 1 is 1.47 bits per heavy atom. The van der Waals surface area contributed by atoms with Gasteiger partial charge >= 0.3 is 7.48 Å². The molecule has 2 atom stereocenters. The zero-order chi connectivity index (χ0) is 14.3. The van der Waals surface area contributed by atoms with Crippen molar-refractivity contribution in [2.45, 2.75) is 12.2 Å². The minimum Gasteiger partial charge on any atom is -0.427 e. The molecule has 0 bridgehead atoms. The molecule has 2 unspecified atom stereocenters. The average molecular weight is 378 g/mol. The highest BCUT2D eigenvalue weighted by Crippen LogP contribution is 2.13. The fraction of sp³-hybridized carbons (Fsp3) is 0.500. The van der Waals surface area contributed by atoms with Crippen molar-refractivity contribution in [2.75, 3.05) is 26.9 Å². The van der Waals surface area contributed by atoms with Gasteiger partial charge < -0.3 is 25.3 Å². The van der Waals surface area contributed by atoms with Gasteiger partial charge in [0.25, 0.3) is 0 Å². The Kier molecular flexibility index (Phi) is 7.88. The first-order valence-electron chi connectivity index (χ1n) is 5.89. The molecule has 0 fully saturated rings. The van der Waals surface area contributed by atoms with Crippen molar-refractivity contribution in [3.8, 4) is 0 Å². The topological polar surface area (TPSA) is 84.9 Å². The summed E-state index contributed by atoms with van der Waals surface area (Å²) in [6.07, 6.45) is -1.16. The maximum Gasteiger partial charge on any atom is 0.332 e. The second-order valence-corrected chi connectivity index (χ2v) is 5.17. The average Bonchev–Trinajstić information content (AvgIpc) is 2.43. The molecule has 0 heterocycles. The monoisotopic (exact) mass is 378 g/mol. The molecule has 1 aromatic carbocycles. The Bertz CT molecular complexity index is 394. The number of nitrogens with two attached hydrogens (primary N) is 1. The summed E-state index contributed by atoms with van der Waals surface area (Å²) in [7, 11) is 3.08. The van der Waals surface area contributed by atoms with Gasteiger partial charge in [-0.1, -0.05) is 12.1 Å². The van der Waals surface area contributed by atoms with Crippen molar-refractivity contribution in [1.82, 2.24) is 0 Å². The largest absolute Gasteiger partial charge is 0.427 e. The molecule has 4 N–H and O–H groups in total. The molecule has 5 nitrogen and oxygen atoms in total. The summed E-state index contributed by atoms with van der Waals surface area (Å²) in [5.74, 6) is 0. The Morgan fingerprint density at radius 3 is 2.79 bits per heavy atom. The Hall–Kier alpha value is -0.185. The van der Waals surface area contributed by atoms with Gasteiger partial charge in [0, 0.05) is 17.2 Å². The fourth-order valence-corrected chi connectivity index (χ4v) is 2.23. The number of rotatable bonds is 8. The lowest BCUT2D eigenvalue weighted by molar-refractivity contribution is 0.0446. The summed E-state index contributed by atoms with van der Waals surface area (Å²) in [5.41, 5.74) is 6.97. The van der Waals surface area contributed by atoms with E-state index in [2.05, 4.69) is 22.6 Å². The summed E-state index contributed by atoms with van der Waals surface area (Å²) in [6.45, 7) is 0.302. The minimum absolute atomic E-state index is 0.136. The SMILES string of the molecule is COCC(CO)O[B]c1c(I)cccc1C(O)CN. The predicted molar refractivity (Wildman–Crippen MR) is 82.4 cm³/mol. The van der Waals surface area contributed by atoms with Crippen LogP contribution in [0.4, 0.5) is 0 Å². The lowest BCUT2D eigenvalue weighted by Gasteiger charge is -2.18. The molecule has 7 heteroatoms. The standard InChI is InChI=1S/C12H18BINO4/c1-18-7-8(6-16)19-13-12-9(11(17)5-15)3-2-4-10(12)14/h2-4,8,11,16-17H,5-7,15H2,1H3. The van der Waals surface area contributed by atoms with Crippen molar-refractivity contribution in [1.29, 1.82) is 0 Å². The first-order chi connectivity index (χ1) is 9.13. The van der Waals surface area contributed by atoms with E-state index in [1.54, 1.807) is 13.2 Å². The molecule has 105 valence electrons. The van der Waals surface area contributed by atoms with E-state index < -0.39 is 12.2 Å². The smallest absolute Gasteiger partial charge is 0.332 e. The summed E-state index contributed by atoms with van der Waals surface area (Å²) < 4.78 is 11.4. The highest BCUT2D eigenvalue weighted by molar-refractivity contribution is 14.1. The lowest BCUT2D eigenvalue weighted by atomic mass is 9.81. The zero-order valence-electron chi connectivity index (χ0n) is 10.8. The molecular weight excluding hydrogens is 360 g/mol.